The molecule has 0 aliphatic carbocycles. The molecule has 0 radical (unpaired) electrons. The quantitative estimate of drug-likeness (QED) is 0.717. The molecule has 0 atom stereocenters. The molecule has 0 aromatic heterocycles. The second-order valence-electron chi connectivity index (χ2n) is 5.39. The van der Waals surface area contributed by atoms with E-state index in [2.05, 4.69) is 24.1 Å². The summed E-state index contributed by atoms with van der Waals surface area (Å²) in [6, 6.07) is 5.84. The van der Waals surface area contributed by atoms with Gasteiger partial charge in [-0.15, -0.1) is 0 Å². The fraction of sp³-hybridized carbons (Fsp3) is 0.647. The van der Waals surface area contributed by atoms with Crippen molar-refractivity contribution in [3.8, 4) is 0 Å². The van der Waals surface area contributed by atoms with E-state index in [1.165, 1.54) is 0 Å². The summed E-state index contributed by atoms with van der Waals surface area (Å²) in [7, 11) is 3.61. The minimum Gasteiger partial charge on any atom is -0.383 e. The average molecular weight is 296 g/mol. The zero-order valence-electron chi connectivity index (χ0n) is 13.8. The van der Waals surface area contributed by atoms with Crippen molar-refractivity contribution < 1.29 is 9.13 Å². The molecule has 3 nitrogen and oxygen atoms in total. The van der Waals surface area contributed by atoms with Crippen LogP contribution in [0, 0.1) is 5.82 Å². The summed E-state index contributed by atoms with van der Waals surface area (Å²) in [4.78, 5) is 2.32. The largest absolute Gasteiger partial charge is 0.383 e. The van der Waals surface area contributed by atoms with Crippen LogP contribution in [0.2, 0.25) is 0 Å². The molecule has 4 heteroatoms. The Morgan fingerprint density at radius 1 is 1.29 bits per heavy atom. The summed E-state index contributed by atoms with van der Waals surface area (Å²) in [5.41, 5.74) is 1.89. The summed E-state index contributed by atoms with van der Waals surface area (Å²) >= 11 is 0. The third-order valence-electron chi connectivity index (χ3n) is 3.91. The van der Waals surface area contributed by atoms with Crippen molar-refractivity contribution >= 4 is 0 Å². The van der Waals surface area contributed by atoms with E-state index in [0.29, 0.717) is 19.2 Å². The molecule has 0 amide bonds. The maximum absolute atomic E-state index is 14.1. The molecule has 0 bridgehead atoms. The molecule has 0 unspecified atom stereocenters. The molecule has 0 fully saturated rings. The SMILES string of the molecule is CCC(CC)N(CCOC)Cc1cc(CNC)ccc1F. The minimum absolute atomic E-state index is 0.122. The first-order chi connectivity index (χ1) is 10.2. The summed E-state index contributed by atoms with van der Waals surface area (Å²) < 4.78 is 19.3. The third-order valence-corrected chi connectivity index (χ3v) is 3.91. The summed E-state index contributed by atoms with van der Waals surface area (Å²) in [5.74, 6) is -0.122. The van der Waals surface area contributed by atoms with E-state index in [0.717, 1.165) is 37.1 Å². The van der Waals surface area contributed by atoms with Gasteiger partial charge in [-0.05, 0) is 31.5 Å². The van der Waals surface area contributed by atoms with E-state index in [-0.39, 0.29) is 5.82 Å². The number of rotatable bonds is 10. The normalized spacial score (nSPS) is 11.6. The number of hydrogen-bond donors (Lipinski definition) is 1. The maximum atomic E-state index is 14.1. The Morgan fingerprint density at radius 2 is 2.00 bits per heavy atom. The van der Waals surface area contributed by atoms with Crippen molar-refractivity contribution in [1.82, 2.24) is 10.2 Å². The van der Waals surface area contributed by atoms with Gasteiger partial charge >= 0.3 is 0 Å². The number of ether oxygens (including phenoxy) is 1. The van der Waals surface area contributed by atoms with Gasteiger partial charge in [0.25, 0.3) is 0 Å². The molecule has 0 spiro atoms. The molecule has 120 valence electrons. The molecule has 0 saturated heterocycles. The van der Waals surface area contributed by atoms with Crippen LogP contribution in [0.3, 0.4) is 0 Å². The van der Waals surface area contributed by atoms with Gasteiger partial charge in [0.1, 0.15) is 5.82 Å². The molecule has 1 N–H and O–H groups in total. The summed E-state index contributed by atoms with van der Waals surface area (Å²) in [6.45, 7) is 7.27. The van der Waals surface area contributed by atoms with E-state index in [9.17, 15) is 4.39 Å². The van der Waals surface area contributed by atoms with Crippen molar-refractivity contribution in [2.24, 2.45) is 0 Å². The molecular weight excluding hydrogens is 267 g/mol. The predicted octanol–water partition coefficient (Wildman–Crippen LogP) is 3.18. The van der Waals surface area contributed by atoms with Crippen LogP contribution < -0.4 is 5.32 Å². The van der Waals surface area contributed by atoms with Crippen molar-refractivity contribution in [3.63, 3.8) is 0 Å². The Morgan fingerprint density at radius 3 is 2.57 bits per heavy atom. The van der Waals surface area contributed by atoms with Crippen LogP contribution in [0.1, 0.15) is 37.8 Å². The van der Waals surface area contributed by atoms with Crippen molar-refractivity contribution in [1.29, 1.82) is 0 Å². The topological polar surface area (TPSA) is 24.5 Å². The van der Waals surface area contributed by atoms with E-state index < -0.39 is 0 Å². The first-order valence-corrected chi connectivity index (χ1v) is 7.81. The molecule has 0 saturated carbocycles. The van der Waals surface area contributed by atoms with Crippen LogP contribution in [0.4, 0.5) is 4.39 Å². The standard InChI is InChI=1S/C17H29FN2O/c1-5-16(6-2)20(9-10-21-4)13-15-11-14(12-19-3)7-8-17(15)18/h7-8,11,16,19H,5-6,9-10,12-13H2,1-4H3. The zero-order chi connectivity index (χ0) is 15.7. The zero-order valence-corrected chi connectivity index (χ0v) is 13.8. The molecule has 0 aliphatic heterocycles. The van der Waals surface area contributed by atoms with Gasteiger partial charge in [-0.25, -0.2) is 4.39 Å². The smallest absolute Gasteiger partial charge is 0.127 e. The highest BCUT2D eigenvalue weighted by molar-refractivity contribution is 5.25. The fourth-order valence-electron chi connectivity index (χ4n) is 2.69. The Labute approximate surface area is 128 Å². The lowest BCUT2D eigenvalue weighted by Gasteiger charge is -2.30. The highest BCUT2D eigenvalue weighted by Crippen LogP contribution is 2.17. The predicted molar refractivity (Wildman–Crippen MR) is 85.8 cm³/mol. The van der Waals surface area contributed by atoms with Gasteiger partial charge in [0.2, 0.25) is 0 Å². The first-order valence-electron chi connectivity index (χ1n) is 7.81. The highest BCUT2D eigenvalue weighted by Gasteiger charge is 2.17. The second kappa shape index (κ2) is 9.87. The van der Waals surface area contributed by atoms with Crippen LogP contribution >= 0.6 is 0 Å². The number of methoxy groups -OCH3 is 1. The number of halogens is 1. The average Bonchev–Trinajstić information content (AvgIpc) is 2.49. The molecule has 1 aromatic rings. The van der Waals surface area contributed by atoms with E-state index >= 15 is 0 Å². The fourth-order valence-corrected chi connectivity index (χ4v) is 2.69. The van der Waals surface area contributed by atoms with Crippen molar-refractivity contribution in [3.05, 3.63) is 35.1 Å². The molecule has 21 heavy (non-hydrogen) atoms. The van der Waals surface area contributed by atoms with E-state index in [4.69, 9.17) is 4.74 Å². The molecular formula is C17H29FN2O. The van der Waals surface area contributed by atoms with Gasteiger partial charge in [0.15, 0.2) is 0 Å². The minimum atomic E-state index is -0.122. The van der Waals surface area contributed by atoms with Crippen LogP contribution in [0.5, 0.6) is 0 Å². The van der Waals surface area contributed by atoms with E-state index in [1.807, 2.05) is 19.2 Å². The molecule has 1 rings (SSSR count). The van der Waals surface area contributed by atoms with Crippen molar-refractivity contribution in [2.45, 2.75) is 45.8 Å². The van der Waals surface area contributed by atoms with Crippen LogP contribution in [0.15, 0.2) is 18.2 Å². The van der Waals surface area contributed by atoms with Gasteiger partial charge in [0.05, 0.1) is 6.61 Å². The van der Waals surface area contributed by atoms with Gasteiger partial charge < -0.3 is 10.1 Å². The molecule has 0 aliphatic rings. The first kappa shape index (κ1) is 18.1. The van der Waals surface area contributed by atoms with Gasteiger partial charge in [0, 0.05) is 38.3 Å². The van der Waals surface area contributed by atoms with Gasteiger partial charge in [-0.2, -0.15) is 0 Å². The monoisotopic (exact) mass is 296 g/mol. The Bertz CT molecular complexity index is 408. The highest BCUT2D eigenvalue weighted by atomic mass is 19.1. The summed E-state index contributed by atoms with van der Waals surface area (Å²) in [6.07, 6.45) is 2.13. The van der Waals surface area contributed by atoms with E-state index in [1.54, 1.807) is 13.2 Å². The van der Waals surface area contributed by atoms with Gasteiger partial charge in [-0.1, -0.05) is 26.0 Å². The van der Waals surface area contributed by atoms with Crippen LogP contribution in [-0.2, 0) is 17.8 Å². The lowest BCUT2D eigenvalue weighted by Crippen LogP contribution is -2.36. The molecule has 1 aromatic carbocycles. The number of nitrogens with zero attached hydrogens (tertiary/aromatic N) is 1. The Kier molecular flexibility index (Phi) is 8.50. The maximum Gasteiger partial charge on any atom is 0.127 e. The third kappa shape index (κ3) is 5.73. The number of nitrogens with one attached hydrogen (secondary N) is 1. The second-order valence-corrected chi connectivity index (χ2v) is 5.39. The Balaban J connectivity index is 2.87. The Hall–Kier alpha value is -0.970. The number of benzene rings is 1. The van der Waals surface area contributed by atoms with Crippen LogP contribution in [0.25, 0.3) is 0 Å². The summed E-state index contributed by atoms with van der Waals surface area (Å²) in [5, 5.41) is 3.11. The lowest BCUT2D eigenvalue weighted by molar-refractivity contribution is 0.109. The number of hydrogen-bond acceptors (Lipinski definition) is 3. The lowest BCUT2D eigenvalue weighted by atomic mass is 10.1. The van der Waals surface area contributed by atoms with Crippen molar-refractivity contribution in [2.75, 3.05) is 27.3 Å². The van der Waals surface area contributed by atoms with Crippen LogP contribution in [-0.4, -0.2) is 38.3 Å². The van der Waals surface area contributed by atoms with Gasteiger partial charge in [-0.3, -0.25) is 4.90 Å². The molecule has 0 heterocycles.